The van der Waals surface area contributed by atoms with Crippen LogP contribution in [0.5, 0.6) is 0 Å². The lowest BCUT2D eigenvalue weighted by Gasteiger charge is -2.27. The van der Waals surface area contributed by atoms with Gasteiger partial charge in [0, 0.05) is 32.6 Å². The topological polar surface area (TPSA) is 1070 Å². The molecule has 0 unspecified atom stereocenters. The molecule has 0 aromatic carbocycles. The molecule has 0 fully saturated rings. The van der Waals surface area contributed by atoms with E-state index < -0.39 is 292 Å². The highest BCUT2D eigenvalue weighted by atomic mass is 16.4. The molecule has 0 saturated heterocycles. The summed E-state index contributed by atoms with van der Waals surface area (Å²) >= 11 is 0. The van der Waals surface area contributed by atoms with Crippen LogP contribution in [0.2, 0.25) is 0 Å². The fourth-order valence-electron chi connectivity index (χ4n) is 13.1. The van der Waals surface area contributed by atoms with Gasteiger partial charge in [-0.15, -0.1) is 0 Å². The monoisotopic (exact) mass is 2070 g/mol. The molecule has 0 aliphatic carbocycles. The Morgan fingerprint density at radius 3 is 0.759 bits per heavy atom. The van der Waals surface area contributed by atoms with Crippen LogP contribution in [0.25, 0.3) is 0 Å². The second-order valence-electron chi connectivity index (χ2n) is 33.5. The molecule has 0 aromatic heterocycles. The number of amides is 20. The SMILES string of the molecule is CC[C@H](NC(=O)[C@H](CCCCN)NC(=O)[C@H](C)NC(=O)[C@H](CCCCN)NC(=O)[C@H](C)NC(=O)[C@H](CCCNC(=N)N)NC(=O)[C@H](C)NC(=O)[C@H](CCCCN)NC(=O)CNC(=O)CNC(=O)[C@H](CCC(N)=O)NC(=O)[C@H](CCCCN)NC(=O)CNC(=O)[C@H](CCCNC(=N)N)NC(=O)CNC(=O)[C@@H](N)CO)C(=O)N[C@@H](CCCNC(=N)N)C(=O)N[C@@H](CO)C(=O)N[C@@H](CO)C(=O)N[C@@H](CCCNC(=N)N)C(=O)O. The highest BCUT2D eigenvalue weighted by Gasteiger charge is 2.38. The number of carboxylic acid groups (broad SMARTS) is 1. The maximum Gasteiger partial charge on any atom is 0.326 e. The van der Waals surface area contributed by atoms with Gasteiger partial charge in [0.05, 0.1) is 46.0 Å². The molecule has 0 aliphatic heterocycles. The molecule has 0 saturated carbocycles. The maximum atomic E-state index is 14.2. The fourth-order valence-corrected chi connectivity index (χ4v) is 13.1. The Kier molecular flexibility index (Phi) is 67.2. The normalized spacial score (nSPS) is 14.2. The Labute approximate surface area is 837 Å². The molecule has 62 nitrogen and oxygen atoms in total. The first-order chi connectivity index (χ1) is 68.6. The molecule has 62 heteroatoms. The van der Waals surface area contributed by atoms with Crippen molar-refractivity contribution in [1.82, 2.24) is 122 Å². The Morgan fingerprint density at radius 1 is 0.248 bits per heavy atom. The summed E-state index contributed by atoms with van der Waals surface area (Å²) in [6.45, 7) is -0.106. The van der Waals surface area contributed by atoms with Crippen LogP contribution in [-0.2, 0) is 101 Å². The summed E-state index contributed by atoms with van der Waals surface area (Å²) < 4.78 is 0. The van der Waals surface area contributed by atoms with Gasteiger partial charge in [0.15, 0.2) is 23.8 Å². The van der Waals surface area contributed by atoms with Crippen molar-refractivity contribution in [3.8, 4) is 0 Å². The number of guanidine groups is 4. The number of nitrogens with two attached hydrogens (primary N) is 10. The highest BCUT2D eigenvalue weighted by Crippen LogP contribution is 2.12. The number of rotatable bonds is 78. The molecule has 0 aliphatic rings. The van der Waals surface area contributed by atoms with Gasteiger partial charge >= 0.3 is 5.97 Å². The van der Waals surface area contributed by atoms with Crippen molar-refractivity contribution in [3.05, 3.63) is 0 Å². The summed E-state index contributed by atoms with van der Waals surface area (Å²) in [7, 11) is 0. The molecule has 51 N–H and O–H groups in total. The van der Waals surface area contributed by atoms with Gasteiger partial charge in [-0.1, -0.05) is 6.92 Å². The Balaban J connectivity index is 6.57. The lowest BCUT2D eigenvalue weighted by molar-refractivity contribution is -0.143. The molecule has 0 spiro atoms. The lowest BCUT2D eigenvalue weighted by atomic mass is 10.1. The first-order valence-corrected chi connectivity index (χ1v) is 47.4. The largest absolute Gasteiger partial charge is 0.480 e. The van der Waals surface area contributed by atoms with E-state index in [1.54, 1.807) is 0 Å². The van der Waals surface area contributed by atoms with Crippen LogP contribution in [0.4, 0.5) is 0 Å². The Morgan fingerprint density at radius 2 is 0.476 bits per heavy atom. The third kappa shape index (κ3) is 58.1. The van der Waals surface area contributed by atoms with Crippen molar-refractivity contribution in [1.29, 1.82) is 21.6 Å². The standard InChI is InChI=1S/C83H155N37O25/c1-5-47(70(135)116-54(24-16-34-100-82(94)95)76(141)119-58(42-123)78(143)120-57(41-122)77(142)118-56(79(144)145)25-17-35-101-83(96)97)112-75(140)52(21-9-13-31-87)114-65(130)45(4)107-72(137)51(20-8-12-30-86)113-64(129)44(3)108-73(138)53(23-15-33-99-81(92)93)115-66(131)43(2)106-71(136)49(18-6-10-28-84)110-61(126)37-102-60(125)36-104-69(134)55(26-27-59(89)124)117-74(139)50(19-7-11-29-85)111-63(128)39-105-68(133)48(22-14-32-98-80(90)91)109-62(127)38-103-67(132)46(88)40-121/h43-58,121-123H,5-42,84-88H2,1-4H3,(H2,89,124)(H,102,125)(H,103,132)(H,104,134)(H,105,133)(H,106,136)(H,107,137)(H,108,138)(H,109,127)(H,110,126)(H,111,128)(H,112,140)(H,113,129)(H,114,130)(H,115,131)(H,116,135)(H,117,139)(H,118,142)(H,119,141)(H,120,143)(H,144,145)(H4,90,91,98)(H4,92,93,99)(H4,94,95,100)(H4,96,97,101)/t43-,44-,45-,46-,47-,48-,49-,50-,51-,52-,53-,54-,55-,56-,57-,58-/m0/s1. The highest BCUT2D eigenvalue weighted by molar-refractivity contribution is 6.01. The number of aliphatic carboxylic acids is 1. The summed E-state index contributed by atoms with van der Waals surface area (Å²) in [5.74, 6) is -22.7. The van der Waals surface area contributed by atoms with E-state index in [1.807, 2.05) is 0 Å². The molecule has 0 heterocycles. The molecule has 0 rings (SSSR count). The van der Waals surface area contributed by atoms with E-state index in [0.717, 1.165) is 0 Å². The third-order valence-electron chi connectivity index (χ3n) is 21.3. The van der Waals surface area contributed by atoms with Crippen molar-refractivity contribution < 1.29 is 121 Å². The van der Waals surface area contributed by atoms with E-state index in [-0.39, 0.29) is 173 Å². The number of aliphatic hydroxyl groups excluding tert-OH is 3. The number of unbranched alkanes of at least 4 members (excludes halogenated alkanes) is 4. The Bertz CT molecular complexity index is 4260. The average molecular weight is 2070 g/mol. The summed E-state index contributed by atoms with van der Waals surface area (Å²) in [5.41, 5.74) is 55.3. The van der Waals surface area contributed by atoms with Crippen molar-refractivity contribution in [3.63, 3.8) is 0 Å². The van der Waals surface area contributed by atoms with Gasteiger partial charge in [0.25, 0.3) is 0 Å². The van der Waals surface area contributed by atoms with E-state index in [1.165, 1.54) is 27.7 Å². The summed E-state index contributed by atoms with van der Waals surface area (Å²) in [6, 6.07) is -24.1. The third-order valence-corrected chi connectivity index (χ3v) is 21.3. The molecular weight excluding hydrogens is 1920 g/mol. The van der Waals surface area contributed by atoms with Crippen molar-refractivity contribution in [2.75, 3.05) is 98.4 Å². The summed E-state index contributed by atoms with van der Waals surface area (Å²) in [6.07, 6.45) is 0.516. The van der Waals surface area contributed by atoms with Gasteiger partial charge in [-0.05, 0) is 188 Å². The van der Waals surface area contributed by atoms with Gasteiger partial charge in [-0.2, -0.15) is 0 Å². The zero-order valence-electron chi connectivity index (χ0n) is 82.2. The molecule has 822 valence electrons. The van der Waals surface area contributed by atoms with Crippen molar-refractivity contribution in [2.45, 2.75) is 272 Å². The van der Waals surface area contributed by atoms with E-state index in [0.29, 0.717) is 25.7 Å². The number of aliphatic hydroxyl groups is 3. The van der Waals surface area contributed by atoms with Gasteiger partial charge < -0.3 is 200 Å². The number of primary amides is 1. The van der Waals surface area contributed by atoms with Gasteiger partial charge in [0.1, 0.15) is 96.7 Å². The number of hydrogen-bond acceptors (Lipinski definition) is 33. The molecule has 0 bridgehead atoms. The fraction of sp³-hybridized carbons (Fsp3) is 0.699. The van der Waals surface area contributed by atoms with Crippen LogP contribution in [0, 0.1) is 21.6 Å². The van der Waals surface area contributed by atoms with Gasteiger partial charge in [0.2, 0.25) is 118 Å². The minimum atomic E-state index is -1.87. The summed E-state index contributed by atoms with van der Waals surface area (Å²) in [4.78, 5) is 283. The van der Waals surface area contributed by atoms with Crippen LogP contribution in [-0.4, -0.2) is 363 Å². The van der Waals surface area contributed by atoms with Crippen LogP contribution in [0.15, 0.2) is 0 Å². The van der Waals surface area contributed by atoms with Crippen molar-refractivity contribution in [2.24, 2.45) is 57.3 Å². The van der Waals surface area contributed by atoms with E-state index >= 15 is 0 Å². The zero-order valence-corrected chi connectivity index (χ0v) is 82.2. The molecule has 0 radical (unpaired) electrons. The quantitative estimate of drug-likeness (QED) is 0.0153. The van der Waals surface area contributed by atoms with Crippen LogP contribution >= 0.6 is 0 Å². The number of carbonyl (C=O) groups excluding carboxylic acids is 20. The average Bonchev–Trinajstić information content (AvgIpc) is 0.861. The predicted octanol–water partition coefficient (Wildman–Crippen LogP) is -17.6. The molecule has 145 heavy (non-hydrogen) atoms. The molecular formula is C83H155N37O25. The van der Waals surface area contributed by atoms with Crippen LogP contribution in [0.1, 0.15) is 175 Å². The van der Waals surface area contributed by atoms with E-state index in [2.05, 4.69) is 122 Å². The van der Waals surface area contributed by atoms with Gasteiger partial charge in [-0.25, -0.2) is 4.79 Å². The summed E-state index contributed by atoms with van der Waals surface area (Å²) in [5, 5.41) is 124. The first kappa shape index (κ1) is 131. The zero-order chi connectivity index (χ0) is 110. The first-order valence-electron chi connectivity index (χ1n) is 47.4. The lowest BCUT2D eigenvalue weighted by Crippen LogP contribution is -2.61. The number of carbonyl (C=O) groups is 21. The van der Waals surface area contributed by atoms with Crippen molar-refractivity contribution >= 4 is 148 Å². The number of carboxylic acids is 1. The second kappa shape index (κ2) is 74.5. The molecule has 0 aromatic rings. The molecule has 20 amide bonds. The van der Waals surface area contributed by atoms with E-state index in [9.17, 15) is 116 Å². The second-order valence-corrected chi connectivity index (χ2v) is 33.5. The van der Waals surface area contributed by atoms with Crippen LogP contribution < -0.4 is 180 Å². The number of nitrogens with one attached hydrogen (secondary N) is 27. The number of hydrogen-bond donors (Lipinski definition) is 41. The minimum Gasteiger partial charge on any atom is -0.480 e. The minimum absolute atomic E-state index is 0.00714. The van der Waals surface area contributed by atoms with Gasteiger partial charge in [-0.3, -0.25) is 118 Å². The molecule has 16 atom stereocenters. The van der Waals surface area contributed by atoms with E-state index in [4.69, 9.17) is 84.1 Å². The smallest absolute Gasteiger partial charge is 0.326 e. The predicted molar refractivity (Wildman–Crippen MR) is 522 cm³/mol. The van der Waals surface area contributed by atoms with Crippen LogP contribution in [0.3, 0.4) is 0 Å². The maximum absolute atomic E-state index is 14.2. The Hall–Kier alpha value is -14.4.